The van der Waals surface area contributed by atoms with Gasteiger partial charge in [-0.2, -0.15) is 0 Å². The van der Waals surface area contributed by atoms with E-state index in [9.17, 15) is 9.59 Å². The number of amides is 1. The fourth-order valence-corrected chi connectivity index (χ4v) is 3.25. The first kappa shape index (κ1) is 18.2. The third-order valence-electron chi connectivity index (χ3n) is 3.49. The Morgan fingerprint density at radius 3 is 2.50 bits per heavy atom. The number of benzene rings is 2. The zero-order valence-electron chi connectivity index (χ0n) is 13.5. The zero-order chi connectivity index (χ0) is 18.5. The highest BCUT2D eigenvalue weighted by atomic mass is 79.9. The number of nitrogens with one attached hydrogen (secondary N) is 2. The van der Waals surface area contributed by atoms with Crippen molar-refractivity contribution in [3.63, 3.8) is 0 Å². The summed E-state index contributed by atoms with van der Waals surface area (Å²) in [5.41, 5.74) is 6.85. The number of rotatable bonds is 5. The van der Waals surface area contributed by atoms with E-state index in [1.165, 1.54) is 11.8 Å². The molecule has 26 heavy (non-hydrogen) atoms. The van der Waals surface area contributed by atoms with E-state index < -0.39 is 11.5 Å². The van der Waals surface area contributed by atoms with Crippen LogP contribution in [0.2, 0.25) is 0 Å². The Bertz CT molecular complexity index is 975. The van der Waals surface area contributed by atoms with Gasteiger partial charge in [0.1, 0.15) is 5.69 Å². The van der Waals surface area contributed by atoms with Crippen LogP contribution in [-0.2, 0) is 5.75 Å². The molecule has 6 nitrogen and oxygen atoms in total. The molecule has 4 N–H and O–H groups in total. The highest BCUT2D eigenvalue weighted by molar-refractivity contribution is 9.10. The van der Waals surface area contributed by atoms with Gasteiger partial charge in [-0.1, -0.05) is 58.0 Å². The van der Waals surface area contributed by atoms with Crippen LogP contribution in [-0.4, -0.2) is 15.9 Å². The monoisotopic (exact) mass is 430 g/mol. The van der Waals surface area contributed by atoms with E-state index in [0.29, 0.717) is 16.5 Å². The maximum Gasteiger partial charge on any atom is 0.277 e. The fourth-order valence-electron chi connectivity index (χ4n) is 2.17. The number of anilines is 2. The lowest BCUT2D eigenvalue weighted by Gasteiger charge is -2.08. The van der Waals surface area contributed by atoms with Crippen LogP contribution in [0.15, 0.2) is 69.0 Å². The van der Waals surface area contributed by atoms with Crippen molar-refractivity contribution in [3.8, 4) is 0 Å². The van der Waals surface area contributed by atoms with E-state index in [1.807, 2.05) is 24.3 Å². The van der Waals surface area contributed by atoms with Gasteiger partial charge in [-0.25, -0.2) is 4.98 Å². The van der Waals surface area contributed by atoms with Crippen molar-refractivity contribution in [1.29, 1.82) is 0 Å². The lowest BCUT2D eigenvalue weighted by atomic mass is 10.2. The van der Waals surface area contributed by atoms with Gasteiger partial charge in [-0.15, -0.1) is 0 Å². The number of aromatic nitrogens is 2. The van der Waals surface area contributed by atoms with Gasteiger partial charge in [0.2, 0.25) is 0 Å². The number of aromatic amines is 1. The summed E-state index contributed by atoms with van der Waals surface area (Å²) in [7, 11) is 0. The minimum Gasteiger partial charge on any atom is -0.382 e. The molecule has 0 aliphatic carbocycles. The topological polar surface area (TPSA) is 101 Å². The Morgan fingerprint density at radius 1 is 1.15 bits per heavy atom. The first-order valence-corrected chi connectivity index (χ1v) is 9.44. The van der Waals surface area contributed by atoms with E-state index in [1.54, 1.807) is 30.3 Å². The molecule has 0 saturated heterocycles. The molecule has 0 radical (unpaired) electrons. The summed E-state index contributed by atoms with van der Waals surface area (Å²) in [5, 5.41) is 2.91. The molecule has 0 bridgehead atoms. The van der Waals surface area contributed by atoms with Gasteiger partial charge in [0.05, 0.1) is 0 Å². The van der Waals surface area contributed by atoms with Crippen molar-refractivity contribution in [1.82, 2.24) is 9.97 Å². The second-order valence-electron chi connectivity index (χ2n) is 5.37. The van der Waals surface area contributed by atoms with Gasteiger partial charge in [-0.05, 0) is 29.8 Å². The maximum atomic E-state index is 12.3. The van der Waals surface area contributed by atoms with Gasteiger partial charge >= 0.3 is 0 Å². The molecule has 0 aliphatic heterocycles. The molecule has 0 atom stereocenters. The molecule has 2 aromatic carbocycles. The molecular weight excluding hydrogens is 416 g/mol. The van der Waals surface area contributed by atoms with Gasteiger partial charge in [0, 0.05) is 15.8 Å². The Morgan fingerprint density at radius 2 is 1.85 bits per heavy atom. The van der Waals surface area contributed by atoms with Gasteiger partial charge in [0.25, 0.3) is 11.5 Å². The van der Waals surface area contributed by atoms with E-state index >= 15 is 0 Å². The molecule has 0 spiro atoms. The van der Waals surface area contributed by atoms with Crippen molar-refractivity contribution >= 4 is 45.1 Å². The molecule has 1 aromatic heterocycles. The summed E-state index contributed by atoms with van der Waals surface area (Å²) in [6, 6.07) is 16.4. The molecule has 3 rings (SSSR count). The molecule has 8 heteroatoms. The summed E-state index contributed by atoms with van der Waals surface area (Å²) in [6.45, 7) is 0. The van der Waals surface area contributed by atoms with Crippen LogP contribution in [0.3, 0.4) is 0 Å². The zero-order valence-corrected chi connectivity index (χ0v) is 15.9. The van der Waals surface area contributed by atoms with Crippen LogP contribution in [0.1, 0.15) is 15.9 Å². The Balaban J connectivity index is 1.72. The molecular formula is C18H15BrN4O2S. The maximum absolute atomic E-state index is 12.3. The average Bonchev–Trinajstić information content (AvgIpc) is 2.65. The Hall–Kier alpha value is -2.58. The summed E-state index contributed by atoms with van der Waals surface area (Å²) >= 11 is 4.74. The van der Waals surface area contributed by atoms with Crippen LogP contribution >= 0.6 is 27.7 Å². The minimum atomic E-state index is -0.486. The number of halogens is 1. The first-order chi connectivity index (χ1) is 12.5. The van der Waals surface area contributed by atoms with E-state index in [4.69, 9.17) is 5.73 Å². The van der Waals surface area contributed by atoms with Crippen molar-refractivity contribution in [2.45, 2.75) is 10.9 Å². The van der Waals surface area contributed by atoms with Crippen LogP contribution < -0.4 is 16.6 Å². The van der Waals surface area contributed by atoms with Crippen LogP contribution in [0.5, 0.6) is 0 Å². The van der Waals surface area contributed by atoms with Crippen molar-refractivity contribution in [2.24, 2.45) is 0 Å². The van der Waals surface area contributed by atoms with Crippen molar-refractivity contribution in [2.75, 3.05) is 11.1 Å². The van der Waals surface area contributed by atoms with E-state index in [-0.39, 0.29) is 11.5 Å². The molecule has 1 amide bonds. The molecule has 0 fully saturated rings. The van der Waals surface area contributed by atoms with Gasteiger partial charge < -0.3 is 11.1 Å². The third kappa shape index (κ3) is 4.53. The smallest absolute Gasteiger partial charge is 0.277 e. The van der Waals surface area contributed by atoms with Crippen LogP contribution in [0, 0.1) is 0 Å². The number of hydrogen-bond acceptors (Lipinski definition) is 5. The SMILES string of the molecule is Nc1nc(SCc2ccc(Br)cc2)[nH]c(=O)c1NC(=O)c1ccccc1. The second-order valence-corrected chi connectivity index (χ2v) is 7.25. The predicted molar refractivity (Wildman–Crippen MR) is 107 cm³/mol. The number of carbonyl (C=O) groups is 1. The third-order valence-corrected chi connectivity index (χ3v) is 4.96. The lowest BCUT2D eigenvalue weighted by molar-refractivity contribution is 0.102. The molecule has 0 saturated carbocycles. The highest BCUT2D eigenvalue weighted by Crippen LogP contribution is 2.22. The van der Waals surface area contributed by atoms with Gasteiger partial charge in [0.15, 0.2) is 11.0 Å². The molecule has 1 heterocycles. The summed E-state index contributed by atoms with van der Waals surface area (Å²) < 4.78 is 1.00. The quantitative estimate of drug-likeness (QED) is 0.423. The molecule has 0 unspecified atom stereocenters. The average molecular weight is 431 g/mol. The fraction of sp³-hybridized carbons (Fsp3) is 0.0556. The van der Waals surface area contributed by atoms with Crippen LogP contribution in [0.4, 0.5) is 11.5 Å². The minimum absolute atomic E-state index is 0.0173. The molecule has 3 aromatic rings. The number of hydrogen-bond donors (Lipinski definition) is 3. The lowest BCUT2D eigenvalue weighted by Crippen LogP contribution is -2.23. The van der Waals surface area contributed by atoms with Gasteiger partial charge in [-0.3, -0.25) is 14.6 Å². The molecule has 0 aliphatic rings. The first-order valence-electron chi connectivity index (χ1n) is 7.66. The Labute approximate surface area is 162 Å². The molecule has 132 valence electrons. The van der Waals surface area contributed by atoms with Crippen LogP contribution in [0.25, 0.3) is 0 Å². The number of carbonyl (C=O) groups excluding carboxylic acids is 1. The normalized spacial score (nSPS) is 10.5. The number of thioether (sulfide) groups is 1. The summed E-state index contributed by atoms with van der Waals surface area (Å²) in [6.07, 6.45) is 0. The summed E-state index contributed by atoms with van der Waals surface area (Å²) in [4.78, 5) is 31.3. The Kier molecular flexibility index (Phi) is 5.75. The second kappa shape index (κ2) is 8.20. The predicted octanol–water partition coefficient (Wildman–Crippen LogP) is 3.66. The number of nitrogen functional groups attached to an aromatic ring is 1. The largest absolute Gasteiger partial charge is 0.382 e. The number of H-pyrrole nitrogens is 1. The standard InChI is InChI=1S/C18H15BrN4O2S/c19-13-8-6-11(7-9-13)10-26-18-22-15(20)14(17(25)23-18)21-16(24)12-4-2-1-3-5-12/h1-9H,10H2,(H,21,24)(H3,20,22,23,25). The van der Waals surface area contributed by atoms with Crippen molar-refractivity contribution in [3.05, 3.63) is 80.6 Å². The van der Waals surface area contributed by atoms with Crippen molar-refractivity contribution < 1.29 is 4.79 Å². The number of nitrogens with zero attached hydrogens (tertiary/aromatic N) is 1. The number of nitrogens with two attached hydrogens (primary N) is 1. The highest BCUT2D eigenvalue weighted by Gasteiger charge is 2.14. The van der Waals surface area contributed by atoms with E-state index in [2.05, 4.69) is 31.2 Å². The summed E-state index contributed by atoms with van der Waals surface area (Å²) in [5.74, 6) is 0.196. The van der Waals surface area contributed by atoms with E-state index in [0.717, 1.165) is 10.0 Å².